The van der Waals surface area contributed by atoms with E-state index in [1.165, 1.54) is 0 Å². The number of rotatable bonds is 5. The second kappa shape index (κ2) is 6.56. The number of aliphatic carboxylic acids is 1. The second-order valence-electron chi connectivity index (χ2n) is 5.79. The molecule has 0 radical (unpaired) electrons. The quantitative estimate of drug-likeness (QED) is 0.875. The first-order valence-electron chi connectivity index (χ1n) is 6.55. The van der Waals surface area contributed by atoms with Gasteiger partial charge in [-0.1, -0.05) is 30.3 Å². The van der Waals surface area contributed by atoms with Gasteiger partial charge in [-0.2, -0.15) is 0 Å². The highest BCUT2D eigenvalue weighted by molar-refractivity contribution is 5.79. The predicted molar refractivity (Wildman–Crippen MR) is 75.9 cm³/mol. The molecule has 0 spiro atoms. The molecule has 0 aliphatic rings. The molecular formula is C15H20FNO4. The number of halogens is 1. The van der Waals surface area contributed by atoms with Crippen LogP contribution in [0.15, 0.2) is 30.3 Å². The molecule has 1 aromatic carbocycles. The molecule has 0 aromatic heterocycles. The highest BCUT2D eigenvalue weighted by atomic mass is 19.1. The summed E-state index contributed by atoms with van der Waals surface area (Å²) in [4.78, 5) is 22.6. The first-order valence-corrected chi connectivity index (χ1v) is 6.55. The fourth-order valence-electron chi connectivity index (χ4n) is 1.66. The first-order chi connectivity index (χ1) is 9.62. The first kappa shape index (κ1) is 16.9. The summed E-state index contributed by atoms with van der Waals surface area (Å²) in [6, 6.07) is 8.40. The summed E-state index contributed by atoms with van der Waals surface area (Å²) in [7, 11) is 0. The van der Waals surface area contributed by atoms with Crippen molar-refractivity contribution in [3.05, 3.63) is 35.9 Å². The number of hydrogen-bond donors (Lipinski definition) is 2. The molecule has 5 nitrogen and oxygen atoms in total. The molecule has 1 amide bonds. The van der Waals surface area contributed by atoms with Crippen LogP contribution in [0.1, 0.15) is 26.3 Å². The van der Waals surface area contributed by atoms with E-state index in [9.17, 15) is 14.0 Å². The van der Waals surface area contributed by atoms with Gasteiger partial charge >= 0.3 is 12.1 Å². The Hall–Kier alpha value is -2.11. The molecular weight excluding hydrogens is 277 g/mol. The molecule has 6 heteroatoms. The van der Waals surface area contributed by atoms with Gasteiger partial charge in [-0.15, -0.1) is 0 Å². The van der Waals surface area contributed by atoms with Crippen LogP contribution in [0, 0.1) is 0 Å². The van der Waals surface area contributed by atoms with E-state index < -0.39 is 29.9 Å². The number of alkyl carbamates (subject to hydrolysis) is 1. The third kappa shape index (κ3) is 5.81. The molecule has 1 aromatic rings. The van der Waals surface area contributed by atoms with Crippen LogP contribution < -0.4 is 5.32 Å². The number of carbonyl (C=O) groups excluding carboxylic acids is 1. The van der Waals surface area contributed by atoms with Gasteiger partial charge in [0.05, 0.1) is 6.54 Å². The van der Waals surface area contributed by atoms with Gasteiger partial charge in [0.1, 0.15) is 5.60 Å². The maximum Gasteiger partial charge on any atom is 0.407 e. The van der Waals surface area contributed by atoms with Crippen molar-refractivity contribution in [1.82, 2.24) is 5.32 Å². The van der Waals surface area contributed by atoms with Crippen molar-refractivity contribution >= 4 is 12.1 Å². The van der Waals surface area contributed by atoms with E-state index in [0.29, 0.717) is 5.56 Å². The van der Waals surface area contributed by atoms with Crippen molar-refractivity contribution in [2.45, 2.75) is 38.5 Å². The molecule has 0 bridgehead atoms. The third-order valence-electron chi connectivity index (χ3n) is 2.62. The number of carbonyl (C=O) groups is 2. The summed E-state index contributed by atoms with van der Waals surface area (Å²) in [6.45, 7) is 4.33. The molecule has 1 rings (SSSR count). The van der Waals surface area contributed by atoms with Crippen LogP contribution in [0.3, 0.4) is 0 Å². The van der Waals surface area contributed by atoms with Crippen LogP contribution >= 0.6 is 0 Å². The summed E-state index contributed by atoms with van der Waals surface area (Å²) >= 11 is 0. The number of ether oxygens (including phenoxy) is 1. The fourth-order valence-corrected chi connectivity index (χ4v) is 1.66. The van der Waals surface area contributed by atoms with Crippen LogP contribution in [-0.2, 0) is 16.0 Å². The standard InChI is InChI=1S/C15H20FNO4/c1-14(2,3)21-13(20)17-10-15(16,12(18)19)9-11-7-5-4-6-8-11/h4-8H,9-10H2,1-3H3,(H,17,20)(H,18,19)/t15-/m0/s1. The minimum atomic E-state index is -2.59. The van der Waals surface area contributed by atoms with Crippen molar-refractivity contribution < 1.29 is 23.8 Å². The minimum Gasteiger partial charge on any atom is -0.479 e. The van der Waals surface area contributed by atoms with Gasteiger partial charge < -0.3 is 15.2 Å². The Bertz CT molecular complexity index is 498. The highest BCUT2D eigenvalue weighted by Gasteiger charge is 2.39. The number of carboxylic acids is 1. The predicted octanol–water partition coefficient (Wildman–Crippen LogP) is 2.55. The van der Waals surface area contributed by atoms with Gasteiger partial charge in [0.25, 0.3) is 0 Å². The summed E-state index contributed by atoms with van der Waals surface area (Å²) in [6.07, 6.45) is -1.18. The molecule has 0 heterocycles. The molecule has 0 unspecified atom stereocenters. The molecule has 1 atom stereocenters. The number of carboxylic acid groups (broad SMARTS) is 1. The largest absolute Gasteiger partial charge is 0.479 e. The van der Waals surface area contributed by atoms with Gasteiger partial charge in [-0.25, -0.2) is 14.0 Å². The minimum absolute atomic E-state index is 0.334. The summed E-state index contributed by atoms with van der Waals surface area (Å²) < 4.78 is 19.5. The van der Waals surface area contributed by atoms with Crippen LogP contribution in [0.2, 0.25) is 0 Å². The van der Waals surface area contributed by atoms with Gasteiger partial charge in [-0.3, -0.25) is 0 Å². The summed E-state index contributed by atoms with van der Waals surface area (Å²) in [5.41, 5.74) is -2.78. The highest BCUT2D eigenvalue weighted by Crippen LogP contribution is 2.18. The number of alkyl halides is 1. The lowest BCUT2D eigenvalue weighted by Gasteiger charge is -2.24. The van der Waals surface area contributed by atoms with Gasteiger partial charge in [-0.05, 0) is 26.3 Å². The Labute approximate surface area is 123 Å². The molecule has 2 N–H and O–H groups in total. The maximum absolute atomic E-state index is 14.5. The molecule has 0 fully saturated rings. The lowest BCUT2D eigenvalue weighted by molar-refractivity contribution is -0.150. The van der Waals surface area contributed by atoms with E-state index in [-0.39, 0.29) is 6.42 Å². The average Bonchev–Trinajstić information content (AvgIpc) is 2.35. The molecule has 0 saturated carbocycles. The van der Waals surface area contributed by atoms with Crippen molar-refractivity contribution in [3.8, 4) is 0 Å². The normalized spacial score (nSPS) is 14.1. The Kier molecular flexibility index (Phi) is 5.29. The van der Waals surface area contributed by atoms with Crippen molar-refractivity contribution in [3.63, 3.8) is 0 Å². The Balaban J connectivity index is 2.69. The lowest BCUT2D eigenvalue weighted by Crippen LogP contribution is -2.48. The summed E-state index contributed by atoms with van der Waals surface area (Å²) in [5.74, 6) is -1.62. The smallest absolute Gasteiger partial charge is 0.407 e. The van der Waals surface area contributed by atoms with E-state index in [1.807, 2.05) is 0 Å². The number of benzene rings is 1. The van der Waals surface area contributed by atoms with E-state index in [4.69, 9.17) is 9.84 Å². The van der Waals surface area contributed by atoms with E-state index in [2.05, 4.69) is 5.32 Å². The number of nitrogens with one attached hydrogen (secondary N) is 1. The van der Waals surface area contributed by atoms with Crippen molar-refractivity contribution in [2.24, 2.45) is 0 Å². The Morgan fingerprint density at radius 3 is 2.29 bits per heavy atom. The SMILES string of the molecule is CC(C)(C)OC(=O)NC[C@@](F)(Cc1ccccc1)C(=O)O. The average molecular weight is 297 g/mol. The van der Waals surface area contributed by atoms with E-state index in [0.717, 1.165) is 0 Å². The molecule has 0 aliphatic carbocycles. The van der Waals surface area contributed by atoms with Gasteiger partial charge in [0, 0.05) is 6.42 Å². The zero-order valence-corrected chi connectivity index (χ0v) is 12.4. The van der Waals surface area contributed by atoms with Crippen molar-refractivity contribution in [2.75, 3.05) is 6.54 Å². The third-order valence-corrected chi connectivity index (χ3v) is 2.62. The topological polar surface area (TPSA) is 75.6 Å². The Morgan fingerprint density at radius 1 is 1.24 bits per heavy atom. The Morgan fingerprint density at radius 2 is 1.81 bits per heavy atom. The van der Waals surface area contributed by atoms with E-state index in [1.54, 1.807) is 51.1 Å². The van der Waals surface area contributed by atoms with Crippen LogP contribution in [0.4, 0.5) is 9.18 Å². The van der Waals surface area contributed by atoms with Gasteiger partial charge in [0.2, 0.25) is 5.67 Å². The number of amides is 1. The van der Waals surface area contributed by atoms with Crippen LogP contribution in [0.25, 0.3) is 0 Å². The number of hydrogen-bond acceptors (Lipinski definition) is 3. The molecule has 0 saturated heterocycles. The zero-order chi connectivity index (χ0) is 16.1. The van der Waals surface area contributed by atoms with Crippen LogP contribution in [-0.4, -0.2) is 35.0 Å². The van der Waals surface area contributed by atoms with E-state index >= 15 is 0 Å². The molecule has 0 aliphatic heterocycles. The second-order valence-corrected chi connectivity index (χ2v) is 5.79. The maximum atomic E-state index is 14.5. The fraction of sp³-hybridized carbons (Fsp3) is 0.467. The monoisotopic (exact) mass is 297 g/mol. The molecule has 116 valence electrons. The van der Waals surface area contributed by atoms with Gasteiger partial charge in [0.15, 0.2) is 0 Å². The van der Waals surface area contributed by atoms with Crippen LogP contribution in [0.5, 0.6) is 0 Å². The van der Waals surface area contributed by atoms with Crippen molar-refractivity contribution in [1.29, 1.82) is 0 Å². The zero-order valence-electron chi connectivity index (χ0n) is 12.4. The summed E-state index contributed by atoms with van der Waals surface area (Å²) in [5, 5.41) is 11.2. The lowest BCUT2D eigenvalue weighted by atomic mass is 9.96. The molecule has 21 heavy (non-hydrogen) atoms.